The molecule has 0 aliphatic carbocycles. The molecule has 7 nitrogen and oxygen atoms in total. The number of benzene rings is 1. The van der Waals surface area contributed by atoms with E-state index in [1.54, 1.807) is 18.2 Å². The number of carbonyl (C=O) groups is 2. The first-order valence-electron chi connectivity index (χ1n) is 8.01. The summed E-state index contributed by atoms with van der Waals surface area (Å²) in [7, 11) is 0. The van der Waals surface area contributed by atoms with Gasteiger partial charge in [0, 0.05) is 31.7 Å². The Labute approximate surface area is 155 Å². The van der Waals surface area contributed by atoms with Crippen molar-refractivity contribution in [2.24, 2.45) is 4.99 Å². The summed E-state index contributed by atoms with van der Waals surface area (Å²) < 4.78 is 5.30. The summed E-state index contributed by atoms with van der Waals surface area (Å²) in [5, 5.41) is 6.87. The van der Waals surface area contributed by atoms with Crippen LogP contribution in [0, 0.1) is 0 Å². The van der Waals surface area contributed by atoms with Gasteiger partial charge in [-0.05, 0) is 18.2 Å². The van der Waals surface area contributed by atoms with E-state index in [1.807, 2.05) is 0 Å². The molecule has 1 aromatic rings. The van der Waals surface area contributed by atoms with E-state index < -0.39 is 0 Å². The van der Waals surface area contributed by atoms with Crippen LogP contribution < -0.4 is 10.6 Å². The molecule has 0 unspecified atom stereocenters. The third-order valence-electron chi connectivity index (χ3n) is 3.85. The minimum atomic E-state index is -0.180. The molecule has 0 aromatic heterocycles. The SMILES string of the molecule is O=C1CSC(Nc2cc(C(=O)NCCN3CCOCC3)ccc2Cl)=N1. The Morgan fingerprint density at radius 2 is 2.16 bits per heavy atom. The van der Waals surface area contributed by atoms with Crippen molar-refractivity contribution in [1.29, 1.82) is 0 Å². The Bertz CT molecular complexity index is 692. The van der Waals surface area contributed by atoms with Gasteiger partial charge in [0.1, 0.15) is 0 Å². The van der Waals surface area contributed by atoms with Crippen LogP contribution in [0.5, 0.6) is 0 Å². The number of amidine groups is 1. The topological polar surface area (TPSA) is 83.0 Å². The first kappa shape index (κ1) is 18.2. The molecular formula is C16H19ClN4O3S. The summed E-state index contributed by atoms with van der Waals surface area (Å²) in [5.74, 6) is -0.0208. The standard InChI is InChI=1S/C16H19ClN4O3S/c17-12-2-1-11(9-13(12)19-16-20-14(22)10-25-16)15(23)18-3-4-21-5-7-24-8-6-21/h1-2,9H,3-8,10H2,(H,18,23)(H,19,20,22). The molecule has 0 atom stereocenters. The number of rotatable bonds is 5. The fraction of sp³-hybridized carbons (Fsp3) is 0.438. The Hall–Kier alpha value is -1.61. The normalized spacial score (nSPS) is 18.1. The van der Waals surface area contributed by atoms with E-state index in [0.29, 0.717) is 33.7 Å². The van der Waals surface area contributed by atoms with Crippen LogP contribution in [0.3, 0.4) is 0 Å². The summed E-state index contributed by atoms with van der Waals surface area (Å²) in [4.78, 5) is 29.6. The molecule has 134 valence electrons. The average Bonchev–Trinajstić information content (AvgIpc) is 3.02. The zero-order valence-corrected chi connectivity index (χ0v) is 15.2. The van der Waals surface area contributed by atoms with Crippen molar-refractivity contribution < 1.29 is 14.3 Å². The van der Waals surface area contributed by atoms with Crippen molar-refractivity contribution in [2.45, 2.75) is 0 Å². The molecule has 2 N–H and O–H groups in total. The number of halogens is 1. The molecule has 3 rings (SSSR count). The number of nitrogens with one attached hydrogen (secondary N) is 2. The first-order chi connectivity index (χ1) is 12.1. The molecule has 1 fully saturated rings. The van der Waals surface area contributed by atoms with Crippen LogP contribution in [-0.4, -0.2) is 67.0 Å². The summed E-state index contributed by atoms with van der Waals surface area (Å²) in [6.07, 6.45) is 0. The van der Waals surface area contributed by atoms with Crippen molar-refractivity contribution >= 4 is 46.0 Å². The van der Waals surface area contributed by atoms with Gasteiger partial charge < -0.3 is 15.4 Å². The number of morpholine rings is 1. The molecule has 2 amide bonds. The number of hydrogen-bond donors (Lipinski definition) is 2. The molecule has 2 heterocycles. The minimum absolute atomic E-state index is 0.162. The molecule has 2 aliphatic heterocycles. The van der Waals surface area contributed by atoms with Crippen LogP contribution in [0.25, 0.3) is 0 Å². The highest BCUT2D eigenvalue weighted by Gasteiger charge is 2.17. The molecule has 25 heavy (non-hydrogen) atoms. The second kappa shape index (κ2) is 8.66. The molecule has 0 spiro atoms. The smallest absolute Gasteiger partial charge is 0.258 e. The first-order valence-corrected chi connectivity index (χ1v) is 9.37. The molecule has 2 aliphatic rings. The van der Waals surface area contributed by atoms with E-state index in [2.05, 4.69) is 20.5 Å². The number of nitrogens with zero attached hydrogens (tertiary/aromatic N) is 2. The van der Waals surface area contributed by atoms with Crippen LogP contribution in [0.15, 0.2) is 23.2 Å². The van der Waals surface area contributed by atoms with E-state index in [0.717, 1.165) is 32.8 Å². The third-order valence-corrected chi connectivity index (χ3v) is 5.03. The van der Waals surface area contributed by atoms with Crippen molar-refractivity contribution in [3.8, 4) is 0 Å². The zero-order chi connectivity index (χ0) is 17.6. The minimum Gasteiger partial charge on any atom is -0.379 e. The van der Waals surface area contributed by atoms with Gasteiger partial charge >= 0.3 is 0 Å². The second-order valence-electron chi connectivity index (χ2n) is 5.63. The predicted molar refractivity (Wildman–Crippen MR) is 99.6 cm³/mol. The van der Waals surface area contributed by atoms with Crippen LogP contribution in [0.1, 0.15) is 10.4 Å². The highest BCUT2D eigenvalue weighted by molar-refractivity contribution is 8.15. The van der Waals surface area contributed by atoms with Gasteiger partial charge in [-0.1, -0.05) is 23.4 Å². The summed E-state index contributed by atoms with van der Waals surface area (Å²) in [6, 6.07) is 4.99. The van der Waals surface area contributed by atoms with E-state index in [-0.39, 0.29) is 11.8 Å². The van der Waals surface area contributed by atoms with E-state index >= 15 is 0 Å². The molecule has 0 saturated carbocycles. The zero-order valence-electron chi connectivity index (χ0n) is 13.6. The number of thioether (sulfide) groups is 1. The van der Waals surface area contributed by atoms with Gasteiger partial charge in [-0.25, -0.2) is 0 Å². The van der Waals surface area contributed by atoms with E-state index in [9.17, 15) is 9.59 Å². The highest BCUT2D eigenvalue weighted by Crippen LogP contribution is 2.25. The largest absolute Gasteiger partial charge is 0.379 e. The number of hydrogen-bond acceptors (Lipinski definition) is 6. The van der Waals surface area contributed by atoms with Crippen LogP contribution >= 0.6 is 23.4 Å². The lowest BCUT2D eigenvalue weighted by Gasteiger charge is -2.26. The number of anilines is 1. The Kier molecular flexibility index (Phi) is 6.30. The lowest BCUT2D eigenvalue weighted by Crippen LogP contribution is -2.41. The van der Waals surface area contributed by atoms with Gasteiger partial charge in [-0.3, -0.25) is 14.5 Å². The summed E-state index contributed by atoms with van der Waals surface area (Å²) in [6.45, 7) is 4.63. The monoisotopic (exact) mass is 382 g/mol. The molecule has 0 bridgehead atoms. The van der Waals surface area contributed by atoms with Gasteiger partial charge in [0.15, 0.2) is 5.17 Å². The molecule has 9 heteroatoms. The van der Waals surface area contributed by atoms with Gasteiger partial charge in [0.25, 0.3) is 11.8 Å². The Morgan fingerprint density at radius 3 is 2.88 bits per heavy atom. The highest BCUT2D eigenvalue weighted by atomic mass is 35.5. The van der Waals surface area contributed by atoms with Crippen molar-refractivity contribution in [1.82, 2.24) is 10.2 Å². The Morgan fingerprint density at radius 1 is 1.36 bits per heavy atom. The number of carbonyl (C=O) groups excluding carboxylic acids is 2. The lowest BCUT2D eigenvalue weighted by atomic mass is 10.2. The van der Waals surface area contributed by atoms with Gasteiger partial charge in [-0.2, -0.15) is 4.99 Å². The fourth-order valence-electron chi connectivity index (χ4n) is 2.50. The summed E-state index contributed by atoms with van der Waals surface area (Å²) in [5.41, 5.74) is 1.06. The molecule has 1 saturated heterocycles. The molecule has 0 radical (unpaired) electrons. The number of ether oxygens (including phenoxy) is 1. The van der Waals surface area contributed by atoms with Crippen LogP contribution in [-0.2, 0) is 9.53 Å². The van der Waals surface area contributed by atoms with Gasteiger partial charge in [0.05, 0.1) is 29.7 Å². The fourth-order valence-corrected chi connectivity index (χ4v) is 3.34. The predicted octanol–water partition coefficient (Wildman–Crippen LogP) is 1.44. The van der Waals surface area contributed by atoms with Crippen molar-refractivity contribution in [3.05, 3.63) is 28.8 Å². The van der Waals surface area contributed by atoms with Crippen molar-refractivity contribution in [3.63, 3.8) is 0 Å². The lowest BCUT2D eigenvalue weighted by molar-refractivity contribution is -0.115. The van der Waals surface area contributed by atoms with Gasteiger partial charge in [0.2, 0.25) is 0 Å². The van der Waals surface area contributed by atoms with Gasteiger partial charge in [-0.15, -0.1) is 0 Å². The van der Waals surface area contributed by atoms with E-state index in [4.69, 9.17) is 16.3 Å². The second-order valence-corrected chi connectivity index (χ2v) is 7.00. The average molecular weight is 383 g/mol. The number of amides is 2. The number of aliphatic imine (C=N–C) groups is 1. The maximum Gasteiger partial charge on any atom is 0.258 e. The van der Waals surface area contributed by atoms with Crippen molar-refractivity contribution in [2.75, 3.05) is 50.5 Å². The van der Waals surface area contributed by atoms with E-state index in [1.165, 1.54) is 11.8 Å². The molecular weight excluding hydrogens is 364 g/mol. The maximum absolute atomic E-state index is 12.3. The maximum atomic E-state index is 12.3. The quantitative estimate of drug-likeness (QED) is 0.801. The molecule has 1 aromatic carbocycles. The Balaban J connectivity index is 1.55. The third kappa shape index (κ3) is 5.18. The van der Waals surface area contributed by atoms with Crippen LogP contribution in [0.2, 0.25) is 5.02 Å². The summed E-state index contributed by atoms with van der Waals surface area (Å²) >= 11 is 7.47. The van der Waals surface area contributed by atoms with Crippen LogP contribution in [0.4, 0.5) is 5.69 Å².